The molecule has 1 fully saturated rings. The zero-order valence-corrected chi connectivity index (χ0v) is 18.3. The van der Waals surface area contributed by atoms with E-state index in [2.05, 4.69) is 30.5 Å². The van der Waals surface area contributed by atoms with Crippen molar-refractivity contribution in [1.29, 1.82) is 0 Å². The highest BCUT2D eigenvalue weighted by atomic mass is 16.5. The van der Waals surface area contributed by atoms with Crippen LogP contribution in [0.4, 0.5) is 11.6 Å². The molecule has 4 rings (SSSR count). The molecule has 0 aromatic carbocycles. The summed E-state index contributed by atoms with van der Waals surface area (Å²) in [7, 11) is 1.95. The first-order chi connectivity index (χ1) is 15.5. The van der Waals surface area contributed by atoms with Crippen molar-refractivity contribution < 1.29 is 19.4 Å². The number of carbonyl (C=O) groups excluding carboxylic acids is 1. The van der Waals surface area contributed by atoms with Gasteiger partial charge in [-0.1, -0.05) is 0 Å². The summed E-state index contributed by atoms with van der Waals surface area (Å²) in [5.41, 5.74) is 2.71. The normalized spacial score (nSPS) is 15.2. The topological polar surface area (TPSA) is 134 Å². The first kappa shape index (κ1) is 22.9. The SMILES string of the molecule is CCOc1nc(N2CC[C@H](NC)C2)ncc1C(=O)Nc1ccc2nc(C)cn2c1.O=CO. The Balaban J connectivity index is 0.000000913. The number of nitrogens with zero attached hydrogens (tertiary/aromatic N) is 5. The summed E-state index contributed by atoms with van der Waals surface area (Å²) >= 11 is 0. The minimum absolute atomic E-state index is 0.250. The summed E-state index contributed by atoms with van der Waals surface area (Å²) in [6.07, 6.45) is 6.30. The van der Waals surface area contributed by atoms with Gasteiger partial charge in [-0.2, -0.15) is 4.98 Å². The van der Waals surface area contributed by atoms with Gasteiger partial charge in [0.1, 0.15) is 11.2 Å². The summed E-state index contributed by atoms with van der Waals surface area (Å²) in [4.78, 5) is 36.6. The fourth-order valence-corrected chi connectivity index (χ4v) is 3.48. The Bertz CT molecular complexity index is 1090. The predicted octanol–water partition coefficient (Wildman–Crippen LogP) is 1.58. The lowest BCUT2D eigenvalue weighted by Gasteiger charge is -2.18. The molecular weight excluding hydrogens is 414 g/mol. The average molecular weight is 441 g/mol. The summed E-state index contributed by atoms with van der Waals surface area (Å²) in [5.74, 6) is 0.561. The van der Waals surface area contributed by atoms with Crippen LogP contribution in [0.25, 0.3) is 5.65 Å². The summed E-state index contributed by atoms with van der Waals surface area (Å²) in [6.45, 7) is 5.66. The summed E-state index contributed by atoms with van der Waals surface area (Å²) < 4.78 is 7.53. The number of carboxylic acid groups (broad SMARTS) is 1. The van der Waals surface area contributed by atoms with E-state index in [0.717, 1.165) is 30.9 Å². The lowest BCUT2D eigenvalue weighted by molar-refractivity contribution is -0.122. The largest absolute Gasteiger partial charge is 0.483 e. The fourth-order valence-electron chi connectivity index (χ4n) is 3.48. The number of imidazole rings is 1. The number of nitrogens with one attached hydrogen (secondary N) is 2. The predicted molar refractivity (Wildman–Crippen MR) is 119 cm³/mol. The molecule has 0 aliphatic carbocycles. The van der Waals surface area contributed by atoms with E-state index in [4.69, 9.17) is 14.6 Å². The average Bonchev–Trinajstić information content (AvgIpc) is 3.40. The first-order valence-corrected chi connectivity index (χ1v) is 10.3. The lowest BCUT2D eigenvalue weighted by atomic mass is 10.3. The van der Waals surface area contributed by atoms with Gasteiger partial charge in [0.25, 0.3) is 12.4 Å². The number of ether oxygens (including phenoxy) is 1. The van der Waals surface area contributed by atoms with Crippen molar-refractivity contribution in [2.45, 2.75) is 26.3 Å². The Morgan fingerprint density at radius 3 is 2.81 bits per heavy atom. The van der Waals surface area contributed by atoms with Crippen LogP contribution >= 0.6 is 0 Å². The van der Waals surface area contributed by atoms with Crippen molar-refractivity contribution in [3.8, 4) is 5.88 Å². The minimum atomic E-state index is -0.314. The van der Waals surface area contributed by atoms with Gasteiger partial charge in [-0.3, -0.25) is 9.59 Å². The van der Waals surface area contributed by atoms with E-state index >= 15 is 0 Å². The standard InChI is InChI=1S/C20H25N7O2.CH2O2/c1-4-29-19-16(9-22-20(25-19)26-8-7-14(11-26)21-3)18(28)24-15-5-6-17-23-13(2)10-27(17)12-15;2-1-3/h5-6,9-10,12,14,21H,4,7-8,11H2,1-3H3,(H,24,28);1H,(H,2,3)/t14-;/m0./s1. The number of likely N-dealkylation sites (N-methyl/N-ethyl adjacent to an activating group) is 1. The molecule has 1 atom stereocenters. The molecule has 1 amide bonds. The van der Waals surface area contributed by atoms with Gasteiger partial charge in [0.05, 0.1) is 18.0 Å². The molecule has 3 N–H and O–H groups in total. The van der Waals surface area contributed by atoms with Crippen molar-refractivity contribution >= 4 is 29.7 Å². The van der Waals surface area contributed by atoms with Crippen molar-refractivity contribution in [2.75, 3.05) is 37.0 Å². The maximum atomic E-state index is 12.9. The van der Waals surface area contributed by atoms with E-state index < -0.39 is 0 Å². The molecule has 0 bridgehead atoms. The Kier molecular flexibility index (Phi) is 7.55. The van der Waals surface area contributed by atoms with Gasteiger partial charge in [0, 0.05) is 37.7 Å². The van der Waals surface area contributed by atoms with Gasteiger partial charge in [0.15, 0.2) is 0 Å². The third-order valence-corrected chi connectivity index (χ3v) is 4.98. The second-order valence-electron chi connectivity index (χ2n) is 7.17. The van der Waals surface area contributed by atoms with Gasteiger partial charge >= 0.3 is 0 Å². The number of aromatic nitrogens is 4. The van der Waals surface area contributed by atoms with E-state index in [1.54, 1.807) is 0 Å². The van der Waals surface area contributed by atoms with Crippen LogP contribution in [0.3, 0.4) is 0 Å². The van der Waals surface area contributed by atoms with E-state index in [9.17, 15) is 4.79 Å². The molecule has 1 aliphatic rings. The number of carbonyl (C=O) groups is 2. The molecule has 4 heterocycles. The van der Waals surface area contributed by atoms with Gasteiger partial charge in [-0.05, 0) is 39.4 Å². The fraction of sp³-hybridized carbons (Fsp3) is 0.381. The Labute approximate surface area is 185 Å². The number of pyridine rings is 1. The van der Waals surface area contributed by atoms with E-state index in [1.165, 1.54) is 6.20 Å². The lowest BCUT2D eigenvalue weighted by Crippen LogP contribution is -2.30. The Morgan fingerprint density at radius 2 is 2.12 bits per heavy atom. The third kappa shape index (κ3) is 5.30. The summed E-state index contributed by atoms with van der Waals surface area (Å²) in [6, 6.07) is 4.09. The molecule has 0 spiro atoms. The first-order valence-electron chi connectivity index (χ1n) is 10.3. The van der Waals surface area contributed by atoms with E-state index in [-0.39, 0.29) is 12.4 Å². The van der Waals surface area contributed by atoms with Crippen LogP contribution in [0.15, 0.2) is 30.7 Å². The highest BCUT2D eigenvalue weighted by Gasteiger charge is 2.25. The second kappa shape index (κ2) is 10.5. The van der Waals surface area contributed by atoms with Crippen LogP contribution in [0.5, 0.6) is 5.88 Å². The molecule has 1 aliphatic heterocycles. The number of fused-ring (bicyclic) bond motifs is 1. The minimum Gasteiger partial charge on any atom is -0.483 e. The highest BCUT2D eigenvalue weighted by Crippen LogP contribution is 2.23. The smallest absolute Gasteiger partial charge is 0.290 e. The monoisotopic (exact) mass is 441 g/mol. The van der Waals surface area contributed by atoms with Crippen molar-refractivity contribution in [2.24, 2.45) is 0 Å². The second-order valence-corrected chi connectivity index (χ2v) is 7.17. The van der Waals surface area contributed by atoms with Crippen LogP contribution in [0.2, 0.25) is 0 Å². The molecule has 3 aromatic heterocycles. The number of aryl methyl sites for hydroxylation is 1. The van der Waals surface area contributed by atoms with Gasteiger partial charge < -0.3 is 29.8 Å². The molecular formula is C21H27N7O4. The van der Waals surface area contributed by atoms with Crippen LogP contribution in [-0.4, -0.2) is 69.6 Å². The van der Waals surface area contributed by atoms with Crippen molar-refractivity contribution in [1.82, 2.24) is 24.7 Å². The van der Waals surface area contributed by atoms with Crippen molar-refractivity contribution in [3.63, 3.8) is 0 Å². The van der Waals surface area contributed by atoms with E-state index in [0.29, 0.717) is 35.7 Å². The third-order valence-electron chi connectivity index (χ3n) is 4.98. The maximum absolute atomic E-state index is 12.9. The van der Waals surface area contributed by atoms with E-state index in [1.807, 2.05) is 49.8 Å². The molecule has 3 aromatic rings. The molecule has 32 heavy (non-hydrogen) atoms. The number of amides is 1. The molecule has 1 saturated heterocycles. The van der Waals surface area contributed by atoms with Crippen LogP contribution in [0.1, 0.15) is 29.4 Å². The molecule has 0 saturated carbocycles. The Hall–Kier alpha value is -3.73. The number of hydrogen-bond acceptors (Lipinski definition) is 8. The van der Waals surface area contributed by atoms with Crippen LogP contribution in [-0.2, 0) is 4.79 Å². The number of anilines is 2. The Morgan fingerprint density at radius 1 is 1.34 bits per heavy atom. The zero-order valence-electron chi connectivity index (χ0n) is 18.3. The quantitative estimate of drug-likeness (QED) is 0.487. The molecule has 0 radical (unpaired) electrons. The van der Waals surface area contributed by atoms with Crippen LogP contribution < -0.4 is 20.3 Å². The van der Waals surface area contributed by atoms with Crippen molar-refractivity contribution in [3.05, 3.63) is 42.0 Å². The molecule has 0 unspecified atom stereocenters. The maximum Gasteiger partial charge on any atom is 0.290 e. The van der Waals surface area contributed by atoms with Gasteiger partial charge in [0.2, 0.25) is 11.8 Å². The van der Waals surface area contributed by atoms with Gasteiger partial charge in [-0.25, -0.2) is 9.97 Å². The number of hydrogen-bond donors (Lipinski definition) is 3. The molecule has 11 nitrogen and oxygen atoms in total. The highest BCUT2D eigenvalue weighted by molar-refractivity contribution is 6.05. The zero-order chi connectivity index (χ0) is 23.1. The summed E-state index contributed by atoms with van der Waals surface area (Å²) in [5, 5.41) is 13.1. The molecule has 11 heteroatoms. The molecule has 170 valence electrons. The van der Waals surface area contributed by atoms with Gasteiger partial charge in [-0.15, -0.1) is 0 Å². The number of rotatable bonds is 6. The van der Waals surface area contributed by atoms with Crippen LogP contribution in [0, 0.1) is 6.92 Å².